The molecule has 0 spiro atoms. The number of rotatable bonds is 48. The second-order valence-corrected chi connectivity index (χ2v) is 17.9. The molecule has 0 rings (SSSR count). The van der Waals surface area contributed by atoms with Crippen LogP contribution in [0.2, 0.25) is 0 Å². The molecule has 0 aromatic heterocycles. The molecule has 0 heterocycles. The first-order chi connectivity index (χ1) is 27.2. The molecule has 0 atom stereocenters. The maximum absolute atomic E-state index is 8.78. The number of hydrogen-bond donors (Lipinski definition) is 2. The van der Waals surface area contributed by atoms with Crippen LogP contribution in [0.4, 0.5) is 0 Å². The Hall–Kier alpha value is -0.410. The Morgan fingerprint density at radius 1 is 0.345 bits per heavy atom. The highest BCUT2D eigenvalue weighted by molar-refractivity contribution is 7.39. The van der Waals surface area contributed by atoms with Crippen molar-refractivity contribution in [3.05, 3.63) is 24.6 Å². The summed E-state index contributed by atoms with van der Waals surface area (Å²) in [6, 6.07) is 0. The molecule has 0 amide bonds. The Morgan fingerprint density at radius 3 is 0.891 bits per heavy atom. The summed E-state index contributed by atoms with van der Waals surface area (Å²) >= 11 is 0. The van der Waals surface area contributed by atoms with Gasteiger partial charge in [0.05, 0.1) is 6.61 Å². The molecule has 0 fully saturated rings. The zero-order valence-corrected chi connectivity index (χ0v) is 38.5. The van der Waals surface area contributed by atoms with Crippen molar-refractivity contribution < 1.29 is 14.3 Å². The predicted molar refractivity (Wildman–Crippen MR) is 248 cm³/mol. The quantitative estimate of drug-likeness (QED) is 0.0476. The molecule has 55 heavy (non-hydrogen) atoms. The topological polar surface area (TPSA) is 52.9 Å². The van der Waals surface area contributed by atoms with E-state index in [-0.39, 0.29) is 0 Å². The second-order valence-electron chi connectivity index (χ2n) is 17.1. The third kappa shape index (κ3) is 49.7. The van der Waals surface area contributed by atoms with Crippen molar-refractivity contribution >= 4 is 8.60 Å². The Kier molecular flexibility index (Phi) is 49.4. The third-order valence-corrected chi connectivity index (χ3v) is 12.0. The van der Waals surface area contributed by atoms with Gasteiger partial charge in [-0.2, -0.15) is 0 Å². The SMILES string of the molecule is CCCCCCCCCCCCCCCCC=CN(C=CCCCCCCCCCCCCCCCC)CCCCCCCCCCCCCCOP(O)O. The summed E-state index contributed by atoms with van der Waals surface area (Å²) in [6.07, 6.45) is 67.6. The lowest BCUT2D eigenvalue weighted by Crippen LogP contribution is -2.11. The minimum absolute atomic E-state index is 0.474. The minimum Gasteiger partial charge on any atom is -0.355 e. The first kappa shape index (κ1) is 54.6. The van der Waals surface area contributed by atoms with Gasteiger partial charge in [-0.25, -0.2) is 0 Å². The van der Waals surface area contributed by atoms with Crippen LogP contribution in [0.1, 0.15) is 284 Å². The van der Waals surface area contributed by atoms with E-state index in [1.165, 1.54) is 257 Å². The van der Waals surface area contributed by atoms with E-state index in [0.717, 1.165) is 19.4 Å². The molecule has 0 aromatic rings. The molecular weight excluding hydrogens is 694 g/mol. The van der Waals surface area contributed by atoms with Gasteiger partial charge in [0.25, 0.3) is 0 Å². The highest BCUT2D eigenvalue weighted by Crippen LogP contribution is 2.24. The van der Waals surface area contributed by atoms with E-state index in [1.54, 1.807) is 0 Å². The van der Waals surface area contributed by atoms with Gasteiger partial charge in [-0.1, -0.05) is 257 Å². The van der Waals surface area contributed by atoms with E-state index in [2.05, 4.69) is 43.3 Å². The van der Waals surface area contributed by atoms with E-state index >= 15 is 0 Å². The average Bonchev–Trinajstić information content (AvgIpc) is 3.18. The zero-order chi connectivity index (χ0) is 39.8. The van der Waals surface area contributed by atoms with Gasteiger partial charge >= 0.3 is 8.60 Å². The van der Waals surface area contributed by atoms with Crippen molar-refractivity contribution in [3.8, 4) is 0 Å². The number of hydrogen-bond acceptors (Lipinski definition) is 4. The van der Waals surface area contributed by atoms with Crippen LogP contribution < -0.4 is 0 Å². The Balaban J connectivity index is 4.09. The highest BCUT2D eigenvalue weighted by Gasteiger charge is 2.00. The van der Waals surface area contributed by atoms with E-state index in [0.29, 0.717) is 6.61 Å². The number of nitrogens with zero attached hydrogens (tertiary/aromatic N) is 1. The number of unbranched alkanes of at least 4 members (excludes halogenated alkanes) is 39. The lowest BCUT2D eigenvalue weighted by atomic mass is 10.0. The maximum Gasteiger partial charge on any atom is 0.327 e. The van der Waals surface area contributed by atoms with Crippen LogP contribution in [0.3, 0.4) is 0 Å². The van der Waals surface area contributed by atoms with Crippen molar-refractivity contribution in [2.75, 3.05) is 13.2 Å². The predicted octanol–water partition coefficient (Wildman–Crippen LogP) is 18.0. The van der Waals surface area contributed by atoms with Gasteiger partial charge in [-0.05, 0) is 50.9 Å². The molecule has 0 unspecified atom stereocenters. The molecule has 328 valence electrons. The fourth-order valence-electron chi connectivity index (χ4n) is 7.84. The summed E-state index contributed by atoms with van der Waals surface area (Å²) in [4.78, 5) is 20.0. The average molecular weight is 794 g/mol. The molecule has 0 radical (unpaired) electrons. The fourth-order valence-corrected chi connectivity index (χ4v) is 8.13. The molecule has 0 saturated heterocycles. The van der Waals surface area contributed by atoms with Gasteiger partial charge in [-0.3, -0.25) is 0 Å². The van der Waals surface area contributed by atoms with Gasteiger partial charge in [0.1, 0.15) is 0 Å². The van der Waals surface area contributed by atoms with Gasteiger partial charge in [0.15, 0.2) is 0 Å². The van der Waals surface area contributed by atoms with Gasteiger partial charge in [0, 0.05) is 6.54 Å². The Labute approximate surface area is 347 Å². The molecular formula is C50H100NO3P. The first-order valence-corrected chi connectivity index (χ1v) is 26.3. The van der Waals surface area contributed by atoms with Crippen molar-refractivity contribution in [3.63, 3.8) is 0 Å². The van der Waals surface area contributed by atoms with E-state index in [1.807, 2.05) is 0 Å². The molecule has 0 bridgehead atoms. The normalized spacial score (nSPS) is 12.0. The Bertz CT molecular complexity index is 703. The zero-order valence-electron chi connectivity index (χ0n) is 37.6. The van der Waals surface area contributed by atoms with Crippen LogP contribution in [0.5, 0.6) is 0 Å². The summed E-state index contributed by atoms with van der Waals surface area (Å²) in [6.45, 7) is 6.25. The molecule has 0 aliphatic carbocycles. The van der Waals surface area contributed by atoms with Gasteiger partial charge in [-0.15, -0.1) is 0 Å². The first-order valence-electron chi connectivity index (χ1n) is 25.1. The third-order valence-electron chi connectivity index (χ3n) is 11.6. The van der Waals surface area contributed by atoms with Crippen molar-refractivity contribution in [2.24, 2.45) is 0 Å². The summed E-state index contributed by atoms with van der Waals surface area (Å²) in [5, 5.41) is 0. The summed E-state index contributed by atoms with van der Waals surface area (Å²) in [7, 11) is -2.17. The van der Waals surface area contributed by atoms with Crippen molar-refractivity contribution in [1.29, 1.82) is 0 Å². The summed E-state index contributed by atoms with van der Waals surface area (Å²) < 4.78 is 4.84. The van der Waals surface area contributed by atoms with Crippen molar-refractivity contribution in [2.45, 2.75) is 284 Å². The maximum atomic E-state index is 8.78. The van der Waals surface area contributed by atoms with Crippen LogP contribution in [0.15, 0.2) is 24.6 Å². The van der Waals surface area contributed by atoms with Gasteiger partial charge < -0.3 is 19.2 Å². The number of allylic oxidation sites excluding steroid dienone is 2. The van der Waals surface area contributed by atoms with Crippen LogP contribution in [-0.4, -0.2) is 27.8 Å². The largest absolute Gasteiger partial charge is 0.355 e. The van der Waals surface area contributed by atoms with E-state index < -0.39 is 8.60 Å². The van der Waals surface area contributed by atoms with Crippen LogP contribution in [0, 0.1) is 0 Å². The molecule has 0 aromatic carbocycles. The Morgan fingerprint density at radius 2 is 0.600 bits per heavy atom. The monoisotopic (exact) mass is 794 g/mol. The molecule has 0 aliphatic heterocycles. The standard InChI is InChI=1S/C50H100NO3P/c1-3-5-7-9-11-13-15-17-19-21-23-27-31-35-39-43-47-51(48-44-40-36-32-28-24-22-20-18-16-14-12-10-8-6-4-2)49-45-41-37-33-29-25-26-30-34-38-42-46-50-54-55(52)53/h43-44,47-48,52-53H,3-42,45-46,49-50H2,1-2H3. The lowest BCUT2D eigenvalue weighted by Gasteiger charge is -2.15. The second kappa shape index (κ2) is 49.7. The molecule has 0 aliphatic rings. The molecule has 5 heteroatoms. The molecule has 4 nitrogen and oxygen atoms in total. The van der Waals surface area contributed by atoms with E-state index in [9.17, 15) is 0 Å². The summed E-state index contributed by atoms with van der Waals surface area (Å²) in [5.74, 6) is 0. The highest BCUT2D eigenvalue weighted by atomic mass is 31.2. The van der Waals surface area contributed by atoms with Gasteiger partial charge in [0.2, 0.25) is 0 Å². The van der Waals surface area contributed by atoms with Crippen LogP contribution >= 0.6 is 8.60 Å². The fraction of sp³-hybridized carbons (Fsp3) is 0.920. The van der Waals surface area contributed by atoms with Crippen LogP contribution in [0.25, 0.3) is 0 Å². The summed E-state index contributed by atoms with van der Waals surface area (Å²) in [5.41, 5.74) is 0. The minimum atomic E-state index is -2.17. The molecule has 2 N–H and O–H groups in total. The smallest absolute Gasteiger partial charge is 0.327 e. The lowest BCUT2D eigenvalue weighted by molar-refractivity contribution is 0.248. The van der Waals surface area contributed by atoms with Crippen molar-refractivity contribution in [1.82, 2.24) is 4.90 Å². The molecule has 0 saturated carbocycles. The van der Waals surface area contributed by atoms with Crippen LogP contribution in [-0.2, 0) is 4.52 Å². The van der Waals surface area contributed by atoms with E-state index in [4.69, 9.17) is 14.3 Å².